The molecule has 3 aromatic carbocycles. The molecule has 0 atom stereocenters. The van der Waals surface area contributed by atoms with Crippen molar-refractivity contribution in [3.63, 3.8) is 0 Å². The number of hydrogen-bond donors (Lipinski definition) is 1. The Kier molecular flexibility index (Phi) is 6.17. The fraction of sp³-hybridized carbons (Fsp3) is 0.344. The number of carbonyl (C=O) groups is 3. The number of ether oxygens (including phenoxy) is 1. The molecular formula is C32H33N3O4. The minimum atomic E-state index is -0.573. The van der Waals surface area contributed by atoms with Gasteiger partial charge in [-0.25, -0.2) is 4.79 Å². The van der Waals surface area contributed by atoms with Crippen LogP contribution in [0.15, 0.2) is 72.8 Å². The second-order valence-corrected chi connectivity index (χ2v) is 11.0. The Morgan fingerprint density at radius 2 is 1.54 bits per heavy atom. The number of hydrogen-bond acceptors (Lipinski definition) is 4. The highest BCUT2D eigenvalue weighted by atomic mass is 16.5. The van der Waals surface area contributed by atoms with Crippen LogP contribution in [0.3, 0.4) is 0 Å². The van der Waals surface area contributed by atoms with E-state index < -0.39 is 11.7 Å². The number of Topliss-reactive ketones (excluding diaryl/α,β-unsaturated/α-hetero) is 1. The zero-order valence-corrected chi connectivity index (χ0v) is 22.4. The van der Waals surface area contributed by atoms with Crippen molar-refractivity contribution in [2.75, 3.05) is 23.5 Å². The van der Waals surface area contributed by atoms with Crippen LogP contribution in [-0.4, -0.2) is 36.9 Å². The summed E-state index contributed by atoms with van der Waals surface area (Å²) in [5.74, 6) is -0.418. The average Bonchev–Trinajstić information content (AvgIpc) is 3.43. The van der Waals surface area contributed by atoms with Crippen LogP contribution in [0.1, 0.15) is 60.5 Å². The lowest BCUT2D eigenvalue weighted by molar-refractivity contribution is -0.114. The molecule has 3 aliphatic rings. The first-order chi connectivity index (χ1) is 18.9. The van der Waals surface area contributed by atoms with E-state index in [0.717, 1.165) is 43.4 Å². The Balaban J connectivity index is 1.25. The maximum atomic E-state index is 13.4. The monoisotopic (exact) mass is 523 g/mol. The zero-order valence-electron chi connectivity index (χ0n) is 22.4. The summed E-state index contributed by atoms with van der Waals surface area (Å²) in [6, 6.07) is 23.3. The summed E-state index contributed by atoms with van der Waals surface area (Å²) in [5, 5.41) is 3.28. The number of nitrogens with one attached hydrogen (secondary N) is 1. The van der Waals surface area contributed by atoms with Crippen molar-refractivity contribution in [2.45, 2.75) is 56.5 Å². The topological polar surface area (TPSA) is 79.0 Å². The lowest BCUT2D eigenvalue weighted by Crippen LogP contribution is -2.49. The van der Waals surface area contributed by atoms with Crippen LogP contribution in [-0.2, 0) is 16.8 Å². The predicted octanol–water partition coefficient (Wildman–Crippen LogP) is 5.62. The molecule has 1 aliphatic carbocycles. The van der Waals surface area contributed by atoms with Crippen LogP contribution >= 0.6 is 0 Å². The van der Waals surface area contributed by atoms with Gasteiger partial charge in [0, 0.05) is 0 Å². The number of ketones is 1. The fourth-order valence-corrected chi connectivity index (χ4v) is 6.65. The number of amides is 3. The molecule has 39 heavy (non-hydrogen) atoms. The maximum absolute atomic E-state index is 13.4. The van der Waals surface area contributed by atoms with Crippen molar-refractivity contribution in [2.24, 2.45) is 0 Å². The normalized spacial score (nSPS) is 24.3. The predicted molar refractivity (Wildman–Crippen MR) is 150 cm³/mol. The summed E-state index contributed by atoms with van der Waals surface area (Å²) in [6.45, 7) is 2.99. The molecule has 2 heterocycles. The van der Waals surface area contributed by atoms with E-state index in [1.165, 1.54) is 10.5 Å². The van der Waals surface area contributed by atoms with Gasteiger partial charge in [-0.05, 0) is 72.9 Å². The first-order valence-corrected chi connectivity index (χ1v) is 13.7. The van der Waals surface area contributed by atoms with Gasteiger partial charge in [0.2, 0.25) is 0 Å². The first-order valence-electron chi connectivity index (χ1n) is 13.7. The number of nitrogens with zero attached hydrogens (tertiary/aromatic N) is 2. The van der Waals surface area contributed by atoms with Gasteiger partial charge in [-0.1, -0.05) is 55.5 Å². The standard InChI is InChI=1S/C32H33N3O4/c1-3-31(23-8-5-4-6-9-23)16-18-32(19-17-31)21-35(30(38)33-32)26-11-7-10-25-27(26)28(36)29(37)34(25)20-22-12-14-24(39-2)15-13-22/h4-15H,3,16-21H2,1-2H3,(H,33,38)/t31-,32-. The summed E-state index contributed by atoms with van der Waals surface area (Å²) in [7, 11) is 1.60. The van der Waals surface area contributed by atoms with E-state index in [-0.39, 0.29) is 23.5 Å². The third-order valence-electron chi connectivity index (χ3n) is 9.07. The van der Waals surface area contributed by atoms with Gasteiger partial charge in [-0.3, -0.25) is 14.5 Å². The summed E-state index contributed by atoms with van der Waals surface area (Å²) >= 11 is 0. The minimum absolute atomic E-state index is 0.114. The van der Waals surface area contributed by atoms with Crippen molar-refractivity contribution < 1.29 is 19.1 Å². The third kappa shape index (κ3) is 4.17. The third-order valence-corrected chi connectivity index (χ3v) is 9.07. The molecule has 1 N–H and O–H groups in total. The second kappa shape index (κ2) is 9.56. The molecule has 200 valence electrons. The number of benzene rings is 3. The highest BCUT2D eigenvalue weighted by molar-refractivity contribution is 6.53. The summed E-state index contributed by atoms with van der Waals surface area (Å²) in [5.41, 5.74) is 3.38. The lowest BCUT2D eigenvalue weighted by atomic mass is 9.63. The summed E-state index contributed by atoms with van der Waals surface area (Å²) < 4.78 is 5.23. The van der Waals surface area contributed by atoms with E-state index in [2.05, 4.69) is 42.6 Å². The van der Waals surface area contributed by atoms with E-state index in [1.807, 2.05) is 30.3 Å². The van der Waals surface area contributed by atoms with Gasteiger partial charge < -0.3 is 15.0 Å². The Morgan fingerprint density at radius 3 is 2.21 bits per heavy atom. The van der Waals surface area contributed by atoms with Gasteiger partial charge in [0.15, 0.2) is 0 Å². The molecule has 7 heteroatoms. The molecule has 7 nitrogen and oxygen atoms in total. The van der Waals surface area contributed by atoms with Gasteiger partial charge in [0.25, 0.3) is 11.7 Å². The van der Waals surface area contributed by atoms with Crippen molar-refractivity contribution in [3.05, 3.63) is 89.5 Å². The Labute approximate surface area is 228 Å². The van der Waals surface area contributed by atoms with Crippen molar-refractivity contribution >= 4 is 29.1 Å². The first kappa shape index (κ1) is 25.2. The average molecular weight is 524 g/mol. The molecule has 1 spiro atoms. The highest BCUT2D eigenvalue weighted by Gasteiger charge is 2.50. The number of rotatable bonds is 6. The number of carbonyl (C=O) groups excluding carboxylic acids is 3. The van der Waals surface area contributed by atoms with Gasteiger partial charge in [-0.15, -0.1) is 0 Å². The molecule has 0 radical (unpaired) electrons. The van der Waals surface area contributed by atoms with Gasteiger partial charge >= 0.3 is 6.03 Å². The van der Waals surface area contributed by atoms with Crippen LogP contribution in [0.25, 0.3) is 0 Å². The molecular weight excluding hydrogens is 490 g/mol. The molecule has 0 unspecified atom stereocenters. The quantitative estimate of drug-likeness (QED) is 0.426. The molecule has 3 aromatic rings. The Bertz CT molecular complexity index is 1430. The van der Waals surface area contributed by atoms with Crippen LogP contribution in [0, 0.1) is 0 Å². The van der Waals surface area contributed by atoms with Crippen molar-refractivity contribution in [3.8, 4) is 5.75 Å². The van der Waals surface area contributed by atoms with Crippen LogP contribution in [0.4, 0.5) is 16.2 Å². The summed E-state index contributed by atoms with van der Waals surface area (Å²) in [4.78, 5) is 42.9. The van der Waals surface area contributed by atoms with E-state index in [4.69, 9.17) is 4.74 Å². The molecule has 2 aliphatic heterocycles. The smallest absolute Gasteiger partial charge is 0.322 e. The van der Waals surface area contributed by atoms with E-state index in [9.17, 15) is 14.4 Å². The maximum Gasteiger partial charge on any atom is 0.322 e. The van der Waals surface area contributed by atoms with Crippen LogP contribution in [0.2, 0.25) is 0 Å². The fourth-order valence-electron chi connectivity index (χ4n) is 6.65. The molecule has 2 fully saturated rings. The lowest BCUT2D eigenvalue weighted by Gasteiger charge is -2.44. The van der Waals surface area contributed by atoms with Gasteiger partial charge in [-0.2, -0.15) is 0 Å². The largest absolute Gasteiger partial charge is 0.497 e. The van der Waals surface area contributed by atoms with Crippen LogP contribution < -0.4 is 19.9 Å². The molecule has 1 saturated heterocycles. The highest BCUT2D eigenvalue weighted by Crippen LogP contribution is 2.48. The number of anilines is 2. The second-order valence-electron chi connectivity index (χ2n) is 11.0. The molecule has 3 amide bonds. The zero-order chi connectivity index (χ0) is 27.2. The Hall–Kier alpha value is -4.13. The van der Waals surface area contributed by atoms with Crippen LogP contribution in [0.5, 0.6) is 5.75 Å². The SMILES string of the molecule is CC[C@]1(c2ccccc2)CC[C@]2(CC1)CN(c1cccc3c1C(=O)C(=O)N3Cc1ccc(OC)cc1)C(=O)N2. The van der Waals surface area contributed by atoms with E-state index in [1.54, 1.807) is 24.1 Å². The van der Waals surface area contributed by atoms with Crippen molar-refractivity contribution in [1.29, 1.82) is 0 Å². The molecule has 0 aromatic heterocycles. The van der Waals surface area contributed by atoms with Crippen molar-refractivity contribution in [1.82, 2.24) is 5.32 Å². The Morgan fingerprint density at radius 1 is 0.846 bits per heavy atom. The number of methoxy groups -OCH3 is 1. The molecule has 1 saturated carbocycles. The molecule has 6 rings (SSSR count). The van der Waals surface area contributed by atoms with E-state index in [0.29, 0.717) is 23.5 Å². The number of fused-ring (bicyclic) bond motifs is 1. The van der Waals surface area contributed by atoms with Gasteiger partial charge in [0.05, 0.1) is 42.7 Å². The van der Waals surface area contributed by atoms with Gasteiger partial charge in [0.1, 0.15) is 5.75 Å². The molecule has 0 bridgehead atoms. The summed E-state index contributed by atoms with van der Waals surface area (Å²) in [6.07, 6.45) is 4.76. The number of urea groups is 1. The minimum Gasteiger partial charge on any atom is -0.497 e. The van der Waals surface area contributed by atoms with E-state index >= 15 is 0 Å².